The van der Waals surface area contributed by atoms with Crippen LogP contribution < -0.4 is 0 Å². The minimum atomic E-state index is -3.65. The fourth-order valence-electron chi connectivity index (χ4n) is 3.23. The van der Waals surface area contributed by atoms with Gasteiger partial charge in [0.25, 0.3) is 0 Å². The zero-order valence-electron chi connectivity index (χ0n) is 13.5. The number of sulfonamides is 1. The Morgan fingerprint density at radius 2 is 2.04 bits per heavy atom. The van der Waals surface area contributed by atoms with E-state index in [0.29, 0.717) is 19.6 Å². The standard InChI is InChI=1S/C16H22ClFN2O3S/c17-15-11-14(4-5-16(15)18)24(21,22)20-7-2-6-19(8-9-20)12-13-3-1-10-23-13/h4-5,11,13H,1-3,6-10,12H2/t13-/m0/s1. The van der Waals surface area contributed by atoms with E-state index < -0.39 is 15.8 Å². The van der Waals surface area contributed by atoms with Crippen LogP contribution in [0.15, 0.2) is 23.1 Å². The van der Waals surface area contributed by atoms with Crippen molar-refractivity contribution in [2.24, 2.45) is 0 Å². The van der Waals surface area contributed by atoms with Crippen LogP contribution >= 0.6 is 11.6 Å². The van der Waals surface area contributed by atoms with E-state index in [1.165, 1.54) is 16.4 Å². The highest BCUT2D eigenvalue weighted by Crippen LogP contribution is 2.23. The van der Waals surface area contributed by atoms with E-state index in [2.05, 4.69) is 4.90 Å². The van der Waals surface area contributed by atoms with Crippen LogP contribution in [0.5, 0.6) is 0 Å². The average molecular weight is 377 g/mol. The van der Waals surface area contributed by atoms with Crippen molar-refractivity contribution >= 4 is 21.6 Å². The lowest BCUT2D eigenvalue weighted by molar-refractivity contribution is 0.0749. The third-order valence-electron chi connectivity index (χ3n) is 4.56. The summed E-state index contributed by atoms with van der Waals surface area (Å²) in [4.78, 5) is 2.31. The highest BCUT2D eigenvalue weighted by Gasteiger charge is 2.28. The van der Waals surface area contributed by atoms with Gasteiger partial charge in [0.2, 0.25) is 10.0 Å². The summed E-state index contributed by atoms with van der Waals surface area (Å²) < 4.78 is 45.9. The number of hydrogen-bond acceptors (Lipinski definition) is 4. The molecule has 0 bridgehead atoms. The van der Waals surface area contributed by atoms with Gasteiger partial charge in [-0.1, -0.05) is 11.6 Å². The number of rotatable bonds is 4. The van der Waals surface area contributed by atoms with Crippen LogP contribution in [0.25, 0.3) is 0 Å². The summed E-state index contributed by atoms with van der Waals surface area (Å²) in [7, 11) is -3.65. The van der Waals surface area contributed by atoms with Gasteiger partial charge in [-0.05, 0) is 44.0 Å². The molecule has 8 heteroatoms. The summed E-state index contributed by atoms with van der Waals surface area (Å²) in [6.45, 7) is 4.09. The van der Waals surface area contributed by atoms with E-state index in [4.69, 9.17) is 16.3 Å². The number of nitrogens with zero attached hydrogens (tertiary/aromatic N) is 2. The molecule has 0 radical (unpaired) electrons. The zero-order valence-corrected chi connectivity index (χ0v) is 15.0. The van der Waals surface area contributed by atoms with E-state index in [1.54, 1.807) is 0 Å². The third-order valence-corrected chi connectivity index (χ3v) is 6.75. The van der Waals surface area contributed by atoms with E-state index in [0.717, 1.165) is 45.0 Å². The molecule has 1 aromatic rings. The largest absolute Gasteiger partial charge is 0.377 e. The molecule has 0 aliphatic carbocycles. The molecule has 1 aromatic carbocycles. The Labute approximate surface area is 147 Å². The highest BCUT2D eigenvalue weighted by molar-refractivity contribution is 7.89. The van der Waals surface area contributed by atoms with Crippen LogP contribution in [0.4, 0.5) is 4.39 Å². The van der Waals surface area contributed by atoms with Gasteiger partial charge < -0.3 is 4.74 Å². The molecule has 1 atom stereocenters. The van der Waals surface area contributed by atoms with Gasteiger partial charge in [0.15, 0.2) is 0 Å². The van der Waals surface area contributed by atoms with Crippen LogP contribution in [0.2, 0.25) is 5.02 Å². The summed E-state index contributed by atoms with van der Waals surface area (Å²) in [5.41, 5.74) is 0. The SMILES string of the molecule is O=S(=O)(c1ccc(F)c(Cl)c1)N1CCCN(C[C@@H]2CCCO2)CC1. The Balaban J connectivity index is 1.66. The van der Waals surface area contributed by atoms with Gasteiger partial charge in [0, 0.05) is 32.8 Å². The fraction of sp³-hybridized carbons (Fsp3) is 0.625. The van der Waals surface area contributed by atoms with Crippen molar-refractivity contribution in [3.63, 3.8) is 0 Å². The van der Waals surface area contributed by atoms with Crippen molar-refractivity contribution in [2.75, 3.05) is 39.3 Å². The van der Waals surface area contributed by atoms with Gasteiger partial charge in [-0.3, -0.25) is 4.90 Å². The second-order valence-corrected chi connectivity index (χ2v) is 8.61. The summed E-state index contributed by atoms with van der Waals surface area (Å²) in [6.07, 6.45) is 3.21. The first-order valence-electron chi connectivity index (χ1n) is 8.26. The summed E-state index contributed by atoms with van der Waals surface area (Å²) in [6, 6.07) is 3.55. The van der Waals surface area contributed by atoms with Crippen molar-refractivity contribution in [3.05, 3.63) is 29.0 Å². The maximum absolute atomic E-state index is 13.3. The normalized spacial score (nSPS) is 24.2. The molecule has 0 amide bonds. The van der Waals surface area contributed by atoms with Gasteiger partial charge in [0.05, 0.1) is 16.0 Å². The van der Waals surface area contributed by atoms with Gasteiger partial charge in [0.1, 0.15) is 5.82 Å². The number of ether oxygens (including phenoxy) is 1. The Bertz CT molecular complexity index is 680. The van der Waals surface area contributed by atoms with Crippen molar-refractivity contribution in [3.8, 4) is 0 Å². The molecular weight excluding hydrogens is 355 g/mol. The molecule has 0 unspecified atom stereocenters. The minimum absolute atomic E-state index is 0.0430. The first kappa shape index (κ1) is 18.1. The van der Waals surface area contributed by atoms with Gasteiger partial charge in [-0.25, -0.2) is 12.8 Å². The molecule has 134 valence electrons. The molecule has 0 saturated carbocycles. The second-order valence-electron chi connectivity index (χ2n) is 6.27. The fourth-order valence-corrected chi connectivity index (χ4v) is 4.97. The molecule has 2 aliphatic heterocycles. The van der Waals surface area contributed by atoms with Crippen molar-refractivity contribution in [2.45, 2.75) is 30.3 Å². The van der Waals surface area contributed by atoms with Crippen molar-refractivity contribution < 1.29 is 17.5 Å². The molecule has 24 heavy (non-hydrogen) atoms. The smallest absolute Gasteiger partial charge is 0.243 e. The predicted molar refractivity (Wildman–Crippen MR) is 90.2 cm³/mol. The lowest BCUT2D eigenvalue weighted by Crippen LogP contribution is -2.37. The average Bonchev–Trinajstić information content (AvgIpc) is 2.93. The van der Waals surface area contributed by atoms with Crippen LogP contribution in [0, 0.1) is 5.82 Å². The quantitative estimate of drug-likeness (QED) is 0.809. The summed E-state index contributed by atoms with van der Waals surface area (Å²) in [5, 5.41) is -0.175. The molecule has 2 aliphatic rings. The highest BCUT2D eigenvalue weighted by atomic mass is 35.5. The predicted octanol–water partition coefficient (Wildman–Crippen LogP) is 2.35. The maximum atomic E-state index is 13.3. The number of benzene rings is 1. The van der Waals surface area contributed by atoms with Gasteiger partial charge in [-0.2, -0.15) is 4.31 Å². The van der Waals surface area contributed by atoms with Crippen LogP contribution in [-0.2, 0) is 14.8 Å². The van der Waals surface area contributed by atoms with Gasteiger partial charge in [-0.15, -0.1) is 0 Å². The molecule has 0 N–H and O–H groups in total. The van der Waals surface area contributed by atoms with E-state index in [1.807, 2.05) is 0 Å². The van der Waals surface area contributed by atoms with E-state index in [9.17, 15) is 12.8 Å². The number of halogens is 2. The van der Waals surface area contributed by atoms with E-state index in [-0.39, 0.29) is 16.0 Å². The monoisotopic (exact) mass is 376 g/mol. The molecule has 0 spiro atoms. The zero-order chi connectivity index (χ0) is 17.2. The first-order valence-corrected chi connectivity index (χ1v) is 10.1. The third kappa shape index (κ3) is 4.08. The lowest BCUT2D eigenvalue weighted by atomic mass is 10.2. The molecule has 2 fully saturated rings. The maximum Gasteiger partial charge on any atom is 0.243 e. The minimum Gasteiger partial charge on any atom is -0.377 e. The van der Waals surface area contributed by atoms with Crippen LogP contribution in [0.1, 0.15) is 19.3 Å². The molecular formula is C16H22ClFN2O3S. The molecule has 0 aromatic heterocycles. The molecule has 2 heterocycles. The lowest BCUT2D eigenvalue weighted by Gasteiger charge is -2.24. The molecule has 2 saturated heterocycles. The van der Waals surface area contributed by atoms with E-state index >= 15 is 0 Å². The Hall–Kier alpha value is -0.730. The van der Waals surface area contributed by atoms with Crippen molar-refractivity contribution in [1.29, 1.82) is 0 Å². The first-order chi connectivity index (χ1) is 11.5. The van der Waals surface area contributed by atoms with Crippen molar-refractivity contribution in [1.82, 2.24) is 9.21 Å². The second kappa shape index (κ2) is 7.66. The molecule has 5 nitrogen and oxygen atoms in total. The number of hydrogen-bond donors (Lipinski definition) is 0. The van der Waals surface area contributed by atoms with Gasteiger partial charge >= 0.3 is 0 Å². The summed E-state index contributed by atoms with van der Waals surface area (Å²) >= 11 is 5.73. The Morgan fingerprint density at radius 1 is 1.21 bits per heavy atom. The Morgan fingerprint density at radius 3 is 2.75 bits per heavy atom. The molecule has 3 rings (SSSR count). The summed E-state index contributed by atoms with van der Waals surface area (Å²) in [5.74, 6) is -0.616. The topological polar surface area (TPSA) is 49.9 Å². The van der Waals surface area contributed by atoms with Crippen LogP contribution in [-0.4, -0.2) is 63.1 Å². The Kier molecular flexibility index (Phi) is 5.77. The van der Waals surface area contributed by atoms with Crippen LogP contribution in [0.3, 0.4) is 0 Å².